The van der Waals surface area contributed by atoms with Crippen molar-refractivity contribution in [1.82, 2.24) is 13.7 Å². The minimum Gasteiger partial charge on any atom is -0.311 e. The van der Waals surface area contributed by atoms with Gasteiger partial charge in [0.15, 0.2) is 0 Å². The lowest BCUT2D eigenvalue weighted by Gasteiger charge is -2.26. The van der Waals surface area contributed by atoms with Crippen LogP contribution in [0.3, 0.4) is 0 Å². The fourth-order valence-electron chi connectivity index (χ4n) is 11.8. The molecule has 14 rings (SSSR count). The number of nitrogens with zero attached hydrogens (tertiary/aromatic N) is 3. The van der Waals surface area contributed by atoms with Crippen molar-refractivity contribution in [2.45, 2.75) is 19.3 Å². The first-order valence-corrected chi connectivity index (χ1v) is 24.3. The lowest BCUT2D eigenvalue weighted by Crippen LogP contribution is -2.20. The molecule has 0 saturated carbocycles. The zero-order valence-corrected chi connectivity index (χ0v) is 39.0. The Bertz CT molecular complexity index is 4160. The highest BCUT2D eigenvalue weighted by Gasteiger charge is 2.43. The van der Waals surface area contributed by atoms with E-state index in [-0.39, 0.29) is 5.41 Å². The van der Waals surface area contributed by atoms with Crippen LogP contribution in [0, 0.1) is 0 Å². The van der Waals surface area contributed by atoms with E-state index in [1.807, 2.05) is 0 Å². The van der Waals surface area contributed by atoms with Gasteiger partial charge in [0, 0.05) is 60.8 Å². The zero-order chi connectivity index (χ0) is 46.5. The largest absolute Gasteiger partial charge is 0.311 e. The molecule has 0 bridgehead atoms. The molecule has 0 radical (unpaired) electrons. The molecule has 70 heavy (non-hydrogen) atoms. The lowest BCUT2D eigenvalue weighted by molar-refractivity contribution is 0.621. The number of benzene rings is 10. The summed E-state index contributed by atoms with van der Waals surface area (Å²) in [5.74, 6) is 0. The summed E-state index contributed by atoms with van der Waals surface area (Å²) in [5, 5.41) is 4.98. The van der Waals surface area contributed by atoms with Crippen LogP contribution >= 0.6 is 0 Å². The molecule has 0 saturated heterocycles. The van der Waals surface area contributed by atoms with Gasteiger partial charge in [0.25, 0.3) is 0 Å². The molecule has 13 aromatic rings. The fraction of sp³-hybridized carbons (Fsp3) is 0.0448. The fourth-order valence-corrected chi connectivity index (χ4v) is 11.8. The third-order valence-electron chi connectivity index (χ3n) is 15.0. The van der Waals surface area contributed by atoms with E-state index >= 15 is 0 Å². The monoisotopic (exact) mass is 893 g/mol. The molecule has 1 aliphatic carbocycles. The van der Waals surface area contributed by atoms with Crippen molar-refractivity contribution in [3.05, 3.63) is 260 Å². The maximum absolute atomic E-state index is 2.55. The molecule has 0 unspecified atom stereocenters. The van der Waals surface area contributed by atoms with Gasteiger partial charge in [0.1, 0.15) is 0 Å². The molecule has 3 heteroatoms. The van der Waals surface area contributed by atoms with Crippen LogP contribution in [0.2, 0.25) is 0 Å². The molecule has 3 nitrogen and oxygen atoms in total. The van der Waals surface area contributed by atoms with Crippen molar-refractivity contribution in [1.29, 1.82) is 0 Å². The minimum absolute atomic E-state index is 0.314. The molecular formula is C67H47N3. The van der Waals surface area contributed by atoms with Crippen LogP contribution < -0.4 is 0 Å². The Hall–Kier alpha value is -8.92. The zero-order valence-electron chi connectivity index (χ0n) is 39.0. The number of para-hydroxylation sites is 4. The molecule has 0 fully saturated rings. The second-order valence-electron chi connectivity index (χ2n) is 19.3. The smallest absolute Gasteiger partial charge is 0.0616 e. The summed E-state index contributed by atoms with van der Waals surface area (Å²) < 4.78 is 7.38. The molecule has 3 aromatic heterocycles. The molecule has 0 atom stereocenters. The van der Waals surface area contributed by atoms with E-state index < -0.39 is 0 Å². The van der Waals surface area contributed by atoms with E-state index in [0.717, 1.165) is 5.69 Å². The average molecular weight is 894 g/mol. The van der Waals surface area contributed by atoms with E-state index in [9.17, 15) is 0 Å². The normalized spacial score (nSPS) is 12.8. The standard InChI is InChI=1S/C67H47N3/c1-67(2)58-42-48(33-37-55(58)64-63(44-20-8-3-9-21-44)65(45-22-10-4-11-23-45)70(66(64)67)52-28-16-7-17-29-52)49-32-36-54-57-41-47(35-39-61(57)69(62(54)43-49)51-26-14-6-15-27-51)46-34-38-60-56(40-46)53-30-18-19-31-59(53)68(60)50-24-12-5-13-25-50/h3-43H,1-2H3. The molecule has 0 aliphatic heterocycles. The van der Waals surface area contributed by atoms with Gasteiger partial charge in [-0.1, -0.05) is 184 Å². The SMILES string of the molecule is CC1(C)c2cc(-c3ccc4c5cc(-c6ccc7c(c6)c6ccccc6n7-c6ccccc6)ccc5n(-c5ccccc5)c4c3)ccc2-c2c(-c3ccccc3)c(-c3ccccc3)n(-c3ccccc3)c21. The Balaban J connectivity index is 0.933. The minimum atomic E-state index is -0.314. The van der Waals surface area contributed by atoms with Crippen LogP contribution in [0.15, 0.2) is 249 Å². The van der Waals surface area contributed by atoms with Crippen LogP contribution in [-0.4, -0.2) is 13.7 Å². The van der Waals surface area contributed by atoms with Gasteiger partial charge in [0.2, 0.25) is 0 Å². The van der Waals surface area contributed by atoms with Gasteiger partial charge in [-0.15, -0.1) is 0 Å². The molecule has 10 aromatic carbocycles. The first-order chi connectivity index (χ1) is 34.5. The van der Waals surface area contributed by atoms with Crippen LogP contribution in [0.1, 0.15) is 25.1 Å². The number of hydrogen-bond donors (Lipinski definition) is 0. The molecule has 0 spiro atoms. The number of hydrogen-bond acceptors (Lipinski definition) is 0. The summed E-state index contributed by atoms with van der Waals surface area (Å²) in [6, 6.07) is 91.4. The summed E-state index contributed by atoms with van der Waals surface area (Å²) in [7, 11) is 0. The van der Waals surface area contributed by atoms with Gasteiger partial charge in [0.05, 0.1) is 27.8 Å². The Morgan fingerprint density at radius 2 is 0.714 bits per heavy atom. The topological polar surface area (TPSA) is 14.8 Å². The van der Waals surface area contributed by atoms with Gasteiger partial charge < -0.3 is 13.7 Å². The first-order valence-electron chi connectivity index (χ1n) is 24.3. The summed E-state index contributed by atoms with van der Waals surface area (Å²) in [5.41, 5.74) is 23.0. The molecule has 3 heterocycles. The van der Waals surface area contributed by atoms with Crippen molar-refractivity contribution in [3.8, 4) is 72.8 Å². The molecule has 0 amide bonds. The van der Waals surface area contributed by atoms with Gasteiger partial charge in [-0.25, -0.2) is 0 Å². The highest BCUT2D eigenvalue weighted by Crippen LogP contribution is 2.58. The highest BCUT2D eigenvalue weighted by atomic mass is 15.0. The predicted octanol–water partition coefficient (Wildman–Crippen LogP) is 17.6. The quantitative estimate of drug-likeness (QED) is 0.151. The maximum Gasteiger partial charge on any atom is 0.0616 e. The van der Waals surface area contributed by atoms with Gasteiger partial charge in [-0.05, 0) is 123 Å². The molecular weight excluding hydrogens is 847 g/mol. The van der Waals surface area contributed by atoms with Gasteiger partial charge in [-0.3, -0.25) is 0 Å². The first kappa shape index (κ1) is 40.2. The summed E-state index contributed by atoms with van der Waals surface area (Å²) in [4.78, 5) is 0. The second-order valence-corrected chi connectivity index (χ2v) is 19.3. The molecule has 1 aliphatic rings. The third-order valence-corrected chi connectivity index (χ3v) is 15.0. The Morgan fingerprint density at radius 3 is 1.31 bits per heavy atom. The number of fused-ring (bicyclic) bond motifs is 9. The van der Waals surface area contributed by atoms with Gasteiger partial charge in [-0.2, -0.15) is 0 Å². The van der Waals surface area contributed by atoms with Gasteiger partial charge >= 0.3 is 0 Å². The lowest BCUT2D eigenvalue weighted by atomic mass is 9.83. The van der Waals surface area contributed by atoms with Crippen molar-refractivity contribution in [2.24, 2.45) is 0 Å². The van der Waals surface area contributed by atoms with Crippen LogP contribution in [0.4, 0.5) is 0 Å². The van der Waals surface area contributed by atoms with Crippen molar-refractivity contribution < 1.29 is 0 Å². The average Bonchev–Trinajstić information content (AvgIpc) is 4.13. The number of rotatable bonds is 7. The Labute approximate surface area is 407 Å². The predicted molar refractivity (Wildman–Crippen MR) is 294 cm³/mol. The van der Waals surface area contributed by atoms with E-state index in [1.54, 1.807) is 0 Å². The van der Waals surface area contributed by atoms with E-state index in [2.05, 4.69) is 276 Å². The molecule has 330 valence electrons. The summed E-state index contributed by atoms with van der Waals surface area (Å²) in [6.07, 6.45) is 0. The highest BCUT2D eigenvalue weighted by molar-refractivity contribution is 6.13. The second kappa shape index (κ2) is 15.6. The third kappa shape index (κ3) is 6.01. The van der Waals surface area contributed by atoms with Crippen molar-refractivity contribution >= 4 is 43.6 Å². The Kier molecular flexibility index (Phi) is 8.93. The number of aromatic nitrogens is 3. The maximum atomic E-state index is 2.55. The van der Waals surface area contributed by atoms with Crippen molar-refractivity contribution in [2.75, 3.05) is 0 Å². The van der Waals surface area contributed by atoms with Crippen LogP contribution in [0.25, 0.3) is 116 Å². The Morgan fingerprint density at radius 1 is 0.286 bits per heavy atom. The van der Waals surface area contributed by atoms with Crippen molar-refractivity contribution in [3.63, 3.8) is 0 Å². The van der Waals surface area contributed by atoms with Crippen LogP contribution in [0.5, 0.6) is 0 Å². The summed E-state index contributed by atoms with van der Waals surface area (Å²) >= 11 is 0. The van der Waals surface area contributed by atoms with E-state index in [1.165, 1.54) is 122 Å². The summed E-state index contributed by atoms with van der Waals surface area (Å²) in [6.45, 7) is 4.83. The van der Waals surface area contributed by atoms with E-state index in [4.69, 9.17) is 0 Å². The van der Waals surface area contributed by atoms with E-state index in [0.29, 0.717) is 0 Å². The molecule has 0 N–H and O–H groups in total. The van der Waals surface area contributed by atoms with Crippen LogP contribution in [-0.2, 0) is 5.41 Å².